The molecule has 0 saturated carbocycles. The van der Waals surface area contributed by atoms with E-state index in [9.17, 15) is 9.59 Å². The molecule has 36 heavy (non-hydrogen) atoms. The van der Waals surface area contributed by atoms with Gasteiger partial charge in [0, 0.05) is 31.4 Å². The minimum absolute atomic E-state index is 0.0109. The SMILES string of the molecule is COc1cc(/C=C/C(=O)O[C@H]2C[C@H]3C[C@H](OC(=O)Cc4ccccc4)C[C@@H]2N3C)cc(OC)c1OC. The van der Waals surface area contributed by atoms with Crippen LogP contribution in [0, 0.1) is 0 Å². The smallest absolute Gasteiger partial charge is 0.331 e. The van der Waals surface area contributed by atoms with Gasteiger partial charge in [0.25, 0.3) is 0 Å². The van der Waals surface area contributed by atoms with Crippen molar-refractivity contribution in [2.24, 2.45) is 0 Å². The van der Waals surface area contributed by atoms with E-state index in [0.717, 1.165) is 18.4 Å². The lowest BCUT2D eigenvalue weighted by Crippen LogP contribution is -2.46. The lowest BCUT2D eigenvalue weighted by Gasteiger charge is -2.36. The minimum Gasteiger partial charge on any atom is -0.493 e. The fourth-order valence-electron chi connectivity index (χ4n) is 5.14. The van der Waals surface area contributed by atoms with E-state index >= 15 is 0 Å². The van der Waals surface area contributed by atoms with E-state index in [-0.39, 0.29) is 36.7 Å². The fourth-order valence-corrected chi connectivity index (χ4v) is 5.14. The molecule has 4 rings (SSSR count). The maximum Gasteiger partial charge on any atom is 0.331 e. The number of fused-ring (bicyclic) bond motifs is 2. The summed E-state index contributed by atoms with van der Waals surface area (Å²) in [6, 6.07) is 13.3. The molecule has 2 aliphatic heterocycles. The molecule has 2 aromatic carbocycles. The van der Waals surface area contributed by atoms with Crippen molar-refractivity contribution in [2.45, 2.75) is 50.0 Å². The lowest BCUT2D eigenvalue weighted by molar-refractivity contribution is -0.153. The zero-order valence-corrected chi connectivity index (χ0v) is 21.1. The van der Waals surface area contributed by atoms with Gasteiger partial charge in [0.2, 0.25) is 5.75 Å². The molecule has 8 nitrogen and oxygen atoms in total. The summed E-state index contributed by atoms with van der Waals surface area (Å²) >= 11 is 0. The van der Waals surface area contributed by atoms with Gasteiger partial charge in [0.05, 0.1) is 33.8 Å². The summed E-state index contributed by atoms with van der Waals surface area (Å²) in [5.41, 5.74) is 1.65. The van der Waals surface area contributed by atoms with Crippen molar-refractivity contribution in [2.75, 3.05) is 28.4 Å². The van der Waals surface area contributed by atoms with E-state index in [1.807, 2.05) is 37.4 Å². The largest absolute Gasteiger partial charge is 0.493 e. The number of carbonyl (C=O) groups is 2. The third-order valence-corrected chi connectivity index (χ3v) is 6.93. The Balaban J connectivity index is 1.35. The molecule has 0 aliphatic carbocycles. The van der Waals surface area contributed by atoms with Gasteiger partial charge in [-0.15, -0.1) is 0 Å². The maximum absolute atomic E-state index is 12.7. The number of hydrogen-bond donors (Lipinski definition) is 0. The Morgan fingerprint density at radius 3 is 2.28 bits per heavy atom. The number of esters is 2. The number of benzene rings is 2. The zero-order chi connectivity index (χ0) is 25.7. The van der Waals surface area contributed by atoms with E-state index in [1.54, 1.807) is 32.4 Å². The molecule has 0 radical (unpaired) electrons. The topological polar surface area (TPSA) is 83.5 Å². The molecular weight excluding hydrogens is 462 g/mol. The Labute approximate surface area is 211 Å². The summed E-state index contributed by atoms with van der Waals surface area (Å²) in [6.07, 6.45) is 4.99. The molecule has 0 N–H and O–H groups in total. The van der Waals surface area contributed by atoms with Crippen molar-refractivity contribution in [1.29, 1.82) is 0 Å². The van der Waals surface area contributed by atoms with Crippen molar-refractivity contribution < 1.29 is 33.3 Å². The number of piperidine rings is 1. The predicted octanol–water partition coefficient (Wildman–Crippen LogP) is 3.66. The molecule has 0 aromatic heterocycles. The van der Waals surface area contributed by atoms with Crippen LogP contribution in [-0.2, 0) is 25.5 Å². The highest BCUT2D eigenvalue weighted by atomic mass is 16.6. The third-order valence-electron chi connectivity index (χ3n) is 6.93. The van der Waals surface area contributed by atoms with Crippen molar-refractivity contribution in [3.63, 3.8) is 0 Å². The molecule has 2 bridgehead atoms. The monoisotopic (exact) mass is 495 g/mol. The molecule has 2 aliphatic rings. The highest BCUT2D eigenvalue weighted by Gasteiger charge is 2.47. The molecule has 2 fully saturated rings. The Hall–Kier alpha value is -3.52. The first kappa shape index (κ1) is 25.6. The van der Waals surface area contributed by atoms with Crippen LogP contribution in [0.5, 0.6) is 17.2 Å². The molecule has 192 valence electrons. The molecule has 2 heterocycles. The minimum atomic E-state index is -0.424. The highest BCUT2D eigenvalue weighted by Crippen LogP contribution is 2.39. The Bertz CT molecular complexity index is 1080. The second-order valence-electron chi connectivity index (χ2n) is 9.14. The van der Waals surface area contributed by atoms with Gasteiger partial charge in [-0.25, -0.2) is 4.79 Å². The summed E-state index contributed by atoms with van der Waals surface area (Å²) in [5.74, 6) is 0.845. The van der Waals surface area contributed by atoms with Crippen LogP contribution in [0.4, 0.5) is 0 Å². The number of carbonyl (C=O) groups excluding carboxylic acids is 2. The number of likely N-dealkylation sites (N-methyl/N-ethyl adjacent to an activating group) is 1. The van der Waals surface area contributed by atoms with Crippen molar-refractivity contribution in [1.82, 2.24) is 4.90 Å². The van der Waals surface area contributed by atoms with E-state index < -0.39 is 5.97 Å². The number of ether oxygens (including phenoxy) is 5. The molecule has 2 aromatic rings. The Morgan fingerprint density at radius 1 is 0.944 bits per heavy atom. The molecule has 2 saturated heterocycles. The average molecular weight is 496 g/mol. The van der Waals surface area contributed by atoms with Gasteiger partial charge in [-0.3, -0.25) is 9.69 Å². The first-order valence-corrected chi connectivity index (χ1v) is 12.1. The quantitative estimate of drug-likeness (QED) is 0.385. The van der Waals surface area contributed by atoms with E-state index in [2.05, 4.69) is 4.90 Å². The second kappa shape index (κ2) is 11.5. The van der Waals surface area contributed by atoms with E-state index in [1.165, 1.54) is 13.2 Å². The molecule has 4 atom stereocenters. The zero-order valence-electron chi connectivity index (χ0n) is 21.1. The number of nitrogens with zero attached hydrogens (tertiary/aromatic N) is 1. The van der Waals surface area contributed by atoms with Gasteiger partial charge in [0.1, 0.15) is 12.2 Å². The van der Waals surface area contributed by atoms with Gasteiger partial charge in [-0.05, 0) is 36.4 Å². The fraction of sp³-hybridized carbons (Fsp3) is 0.429. The maximum atomic E-state index is 12.7. The van der Waals surface area contributed by atoms with Gasteiger partial charge >= 0.3 is 11.9 Å². The summed E-state index contributed by atoms with van der Waals surface area (Å²) in [5, 5.41) is 0. The average Bonchev–Trinajstić information content (AvgIpc) is 3.04. The first-order chi connectivity index (χ1) is 17.4. The molecule has 0 amide bonds. The van der Waals surface area contributed by atoms with Crippen LogP contribution >= 0.6 is 0 Å². The van der Waals surface area contributed by atoms with Gasteiger partial charge in [-0.2, -0.15) is 0 Å². The van der Waals surface area contributed by atoms with Crippen molar-refractivity contribution in [3.8, 4) is 17.2 Å². The third kappa shape index (κ3) is 5.82. The van der Waals surface area contributed by atoms with Crippen LogP contribution in [0.15, 0.2) is 48.5 Å². The molecule has 0 unspecified atom stereocenters. The van der Waals surface area contributed by atoms with Crippen LogP contribution in [-0.4, -0.2) is 69.5 Å². The predicted molar refractivity (Wildman–Crippen MR) is 134 cm³/mol. The van der Waals surface area contributed by atoms with Gasteiger partial charge in [0.15, 0.2) is 11.5 Å². The van der Waals surface area contributed by atoms with Crippen LogP contribution in [0.1, 0.15) is 30.4 Å². The number of rotatable bonds is 9. The van der Waals surface area contributed by atoms with E-state index in [4.69, 9.17) is 23.7 Å². The van der Waals surface area contributed by atoms with Gasteiger partial charge in [-0.1, -0.05) is 30.3 Å². The number of methoxy groups -OCH3 is 3. The summed E-state index contributed by atoms with van der Waals surface area (Å²) in [7, 11) is 6.66. The lowest BCUT2D eigenvalue weighted by atomic mass is 10.00. The standard InChI is InChI=1S/C28H33NO7/c1-29-20-15-21(35-27(31)14-18-8-6-5-7-9-18)17-22(29)23(16-20)36-26(30)11-10-19-12-24(32-2)28(34-4)25(13-19)33-3/h5-13,20-23H,14-17H2,1-4H3/b11-10+/t20-,21+,22+,23+/m1/s1. The second-order valence-corrected chi connectivity index (χ2v) is 9.14. The first-order valence-electron chi connectivity index (χ1n) is 12.1. The van der Waals surface area contributed by atoms with Crippen molar-refractivity contribution in [3.05, 3.63) is 59.7 Å². The molecule has 8 heteroatoms. The normalized spacial score (nSPS) is 23.3. The van der Waals surface area contributed by atoms with Crippen LogP contribution in [0.3, 0.4) is 0 Å². The highest BCUT2D eigenvalue weighted by molar-refractivity contribution is 5.87. The Morgan fingerprint density at radius 2 is 1.64 bits per heavy atom. The Kier molecular flexibility index (Phi) is 8.15. The van der Waals surface area contributed by atoms with Crippen molar-refractivity contribution >= 4 is 18.0 Å². The van der Waals surface area contributed by atoms with Crippen LogP contribution in [0.25, 0.3) is 6.08 Å². The molecular formula is C28H33NO7. The molecule has 0 spiro atoms. The summed E-state index contributed by atoms with van der Waals surface area (Å²) < 4.78 is 27.7. The van der Waals surface area contributed by atoms with Crippen LogP contribution in [0.2, 0.25) is 0 Å². The summed E-state index contributed by atoms with van der Waals surface area (Å²) in [4.78, 5) is 27.4. The van der Waals surface area contributed by atoms with Gasteiger partial charge < -0.3 is 23.7 Å². The summed E-state index contributed by atoms with van der Waals surface area (Å²) in [6.45, 7) is 0. The van der Waals surface area contributed by atoms with Crippen LogP contribution < -0.4 is 14.2 Å². The van der Waals surface area contributed by atoms with E-state index in [0.29, 0.717) is 29.2 Å². The number of hydrogen-bond acceptors (Lipinski definition) is 8.